The van der Waals surface area contributed by atoms with Crippen LogP contribution in [0.25, 0.3) is 5.65 Å². The molecule has 29 heavy (non-hydrogen) atoms. The van der Waals surface area contributed by atoms with Crippen molar-refractivity contribution < 1.29 is 18.3 Å². The van der Waals surface area contributed by atoms with E-state index in [1.54, 1.807) is 32.9 Å². The first-order valence-corrected chi connectivity index (χ1v) is 10.4. The molecule has 0 saturated carbocycles. The standard InChI is InChI=1S/C18H20ClN5O4S/c1-10-5-6-12(19)13(7-10)22-15-11(17(25)26)8-20-16-14(9-21-24(15)16)29(27,28)23-18(2,3)4/h5-9,22-23H,1-4H3,(H,25,26). The predicted molar refractivity (Wildman–Crippen MR) is 109 cm³/mol. The van der Waals surface area contributed by atoms with Gasteiger partial charge in [0.05, 0.1) is 16.9 Å². The third kappa shape index (κ3) is 4.34. The van der Waals surface area contributed by atoms with Crippen LogP contribution in [0.2, 0.25) is 5.02 Å². The number of carboxylic acid groups (broad SMARTS) is 1. The summed E-state index contributed by atoms with van der Waals surface area (Å²) in [4.78, 5) is 15.6. The summed E-state index contributed by atoms with van der Waals surface area (Å²) in [6, 6.07) is 5.22. The zero-order valence-electron chi connectivity index (χ0n) is 16.2. The minimum atomic E-state index is -3.94. The fourth-order valence-corrected chi connectivity index (χ4v) is 4.34. The van der Waals surface area contributed by atoms with Gasteiger partial charge in [-0.2, -0.15) is 9.61 Å². The Kier molecular flexibility index (Phi) is 5.28. The van der Waals surface area contributed by atoms with Gasteiger partial charge in [0, 0.05) is 11.7 Å². The van der Waals surface area contributed by atoms with Crippen molar-refractivity contribution in [3.05, 3.63) is 46.7 Å². The molecule has 11 heteroatoms. The van der Waals surface area contributed by atoms with Gasteiger partial charge in [-0.3, -0.25) is 0 Å². The second-order valence-electron chi connectivity index (χ2n) is 7.53. The number of rotatable bonds is 5. The molecule has 0 atom stereocenters. The lowest BCUT2D eigenvalue weighted by atomic mass is 10.1. The molecule has 0 bridgehead atoms. The van der Waals surface area contributed by atoms with Crippen molar-refractivity contribution in [1.82, 2.24) is 19.3 Å². The Morgan fingerprint density at radius 1 is 1.24 bits per heavy atom. The number of nitrogens with one attached hydrogen (secondary N) is 2. The zero-order chi connectivity index (χ0) is 21.6. The number of fused-ring (bicyclic) bond motifs is 1. The molecule has 3 N–H and O–H groups in total. The molecule has 0 aliphatic heterocycles. The average Bonchev–Trinajstić information content (AvgIpc) is 3.01. The van der Waals surface area contributed by atoms with Crippen LogP contribution in [0.4, 0.5) is 11.5 Å². The Morgan fingerprint density at radius 3 is 2.55 bits per heavy atom. The van der Waals surface area contributed by atoms with Crippen LogP contribution in [-0.2, 0) is 10.0 Å². The van der Waals surface area contributed by atoms with Gasteiger partial charge in [0.1, 0.15) is 10.5 Å². The molecule has 0 spiro atoms. The second-order valence-corrected chi connectivity index (χ2v) is 9.59. The van der Waals surface area contributed by atoms with Crippen LogP contribution in [0.15, 0.2) is 35.5 Å². The van der Waals surface area contributed by atoms with E-state index in [-0.39, 0.29) is 21.9 Å². The smallest absolute Gasteiger partial charge is 0.341 e. The van der Waals surface area contributed by atoms with Crippen LogP contribution in [0.3, 0.4) is 0 Å². The molecule has 3 rings (SSSR count). The predicted octanol–water partition coefficient (Wildman–Crippen LogP) is 3.21. The van der Waals surface area contributed by atoms with Crippen molar-refractivity contribution in [1.29, 1.82) is 0 Å². The summed E-state index contributed by atoms with van der Waals surface area (Å²) in [6.45, 7) is 6.98. The Bertz CT molecular complexity index is 1210. The van der Waals surface area contributed by atoms with Crippen LogP contribution in [0.1, 0.15) is 36.7 Å². The maximum Gasteiger partial charge on any atom is 0.341 e. The molecule has 0 saturated heterocycles. The lowest BCUT2D eigenvalue weighted by Crippen LogP contribution is -2.40. The summed E-state index contributed by atoms with van der Waals surface area (Å²) in [5, 5.41) is 17.0. The molecule has 3 aromatic rings. The van der Waals surface area contributed by atoms with Crippen molar-refractivity contribution in [3.8, 4) is 0 Å². The normalized spacial score (nSPS) is 12.3. The number of aryl methyl sites for hydroxylation is 1. The molecule has 0 radical (unpaired) electrons. The first-order valence-electron chi connectivity index (χ1n) is 8.56. The molecule has 154 valence electrons. The first-order chi connectivity index (χ1) is 13.4. The minimum Gasteiger partial charge on any atom is -0.477 e. The third-order valence-corrected chi connectivity index (χ3v) is 5.91. The van der Waals surface area contributed by atoms with Gasteiger partial charge in [0.25, 0.3) is 0 Å². The molecule has 2 heterocycles. The lowest BCUT2D eigenvalue weighted by Gasteiger charge is -2.19. The number of hydrogen-bond donors (Lipinski definition) is 3. The number of aromatic carboxylic acids is 1. The summed E-state index contributed by atoms with van der Waals surface area (Å²) >= 11 is 6.22. The molecule has 1 aromatic carbocycles. The Balaban J connectivity index is 2.21. The molecule has 0 unspecified atom stereocenters. The summed E-state index contributed by atoms with van der Waals surface area (Å²) in [5.74, 6) is -1.22. The van der Waals surface area contributed by atoms with E-state index in [2.05, 4.69) is 20.1 Å². The van der Waals surface area contributed by atoms with Crippen molar-refractivity contribution in [3.63, 3.8) is 0 Å². The van der Waals surface area contributed by atoms with E-state index in [1.165, 1.54) is 0 Å². The number of hydrogen-bond acceptors (Lipinski definition) is 6. The summed E-state index contributed by atoms with van der Waals surface area (Å²) in [7, 11) is -3.94. The number of nitrogens with zero attached hydrogens (tertiary/aromatic N) is 3. The highest BCUT2D eigenvalue weighted by molar-refractivity contribution is 7.89. The third-order valence-electron chi connectivity index (χ3n) is 3.83. The SMILES string of the molecule is Cc1ccc(Cl)c(Nc2c(C(=O)O)cnc3c(S(=O)(=O)NC(C)(C)C)cnn23)c1. The molecule has 0 aliphatic carbocycles. The summed E-state index contributed by atoms with van der Waals surface area (Å²) in [6.07, 6.45) is 2.21. The van der Waals surface area contributed by atoms with Crippen LogP contribution >= 0.6 is 11.6 Å². The Labute approximate surface area is 172 Å². The molecule has 0 fully saturated rings. The number of carboxylic acids is 1. The van der Waals surface area contributed by atoms with Gasteiger partial charge >= 0.3 is 5.97 Å². The van der Waals surface area contributed by atoms with Gasteiger partial charge in [-0.05, 0) is 45.4 Å². The van der Waals surface area contributed by atoms with Crippen molar-refractivity contribution in [2.45, 2.75) is 38.1 Å². The molecule has 2 aromatic heterocycles. The monoisotopic (exact) mass is 437 g/mol. The van der Waals surface area contributed by atoms with E-state index in [0.29, 0.717) is 10.7 Å². The van der Waals surface area contributed by atoms with Crippen LogP contribution in [0, 0.1) is 6.92 Å². The summed E-state index contributed by atoms with van der Waals surface area (Å²) < 4.78 is 29.2. The fourth-order valence-electron chi connectivity index (χ4n) is 2.70. The minimum absolute atomic E-state index is 0.0157. The van der Waals surface area contributed by atoms with Gasteiger partial charge in [-0.15, -0.1) is 0 Å². The van der Waals surface area contributed by atoms with Crippen molar-refractivity contribution in [2.75, 3.05) is 5.32 Å². The Morgan fingerprint density at radius 2 is 1.93 bits per heavy atom. The highest BCUT2D eigenvalue weighted by Crippen LogP contribution is 2.29. The number of anilines is 2. The Hall–Kier alpha value is -2.69. The van der Waals surface area contributed by atoms with Gasteiger partial charge in [0.15, 0.2) is 11.5 Å². The topological polar surface area (TPSA) is 126 Å². The van der Waals surface area contributed by atoms with E-state index in [9.17, 15) is 18.3 Å². The van der Waals surface area contributed by atoms with E-state index in [0.717, 1.165) is 22.5 Å². The highest BCUT2D eigenvalue weighted by Gasteiger charge is 2.28. The number of halogens is 1. The van der Waals surface area contributed by atoms with E-state index in [4.69, 9.17) is 11.6 Å². The van der Waals surface area contributed by atoms with Crippen molar-refractivity contribution in [2.24, 2.45) is 0 Å². The fraction of sp³-hybridized carbons (Fsp3) is 0.278. The largest absolute Gasteiger partial charge is 0.477 e. The maximum absolute atomic E-state index is 12.7. The first kappa shape index (κ1) is 21.0. The molecule has 9 nitrogen and oxygen atoms in total. The van der Waals surface area contributed by atoms with E-state index < -0.39 is 21.5 Å². The number of sulfonamides is 1. The van der Waals surface area contributed by atoms with Crippen molar-refractivity contribution >= 4 is 44.7 Å². The zero-order valence-corrected chi connectivity index (χ0v) is 17.8. The van der Waals surface area contributed by atoms with Gasteiger partial charge in [-0.1, -0.05) is 17.7 Å². The molecular formula is C18H20ClN5O4S. The van der Waals surface area contributed by atoms with Crippen LogP contribution < -0.4 is 10.0 Å². The van der Waals surface area contributed by atoms with E-state index in [1.807, 2.05) is 13.0 Å². The number of carbonyl (C=O) groups is 1. The van der Waals surface area contributed by atoms with Gasteiger partial charge < -0.3 is 10.4 Å². The molecule has 0 amide bonds. The van der Waals surface area contributed by atoms with E-state index >= 15 is 0 Å². The van der Waals surface area contributed by atoms with Gasteiger partial charge in [0.2, 0.25) is 10.0 Å². The van der Waals surface area contributed by atoms with Crippen LogP contribution in [0.5, 0.6) is 0 Å². The highest BCUT2D eigenvalue weighted by atomic mass is 35.5. The molecular weight excluding hydrogens is 418 g/mol. The maximum atomic E-state index is 12.7. The average molecular weight is 438 g/mol. The number of benzene rings is 1. The van der Waals surface area contributed by atoms with Gasteiger partial charge in [-0.25, -0.2) is 22.9 Å². The quantitative estimate of drug-likeness (QED) is 0.559. The second kappa shape index (κ2) is 7.29. The molecule has 0 aliphatic rings. The lowest BCUT2D eigenvalue weighted by molar-refractivity contribution is 0.0697. The number of aromatic nitrogens is 3. The van der Waals surface area contributed by atoms with Crippen LogP contribution in [-0.4, -0.2) is 39.6 Å². The summed E-state index contributed by atoms with van der Waals surface area (Å²) in [5.41, 5.74) is 0.431.